The molecule has 0 radical (unpaired) electrons. The van der Waals surface area contributed by atoms with Crippen LogP contribution in [0, 0.1) is 5.92 Å². The molecule has 1 saturated heterocycles. The number of carbonyl (C=O) groups is 1. The number of halogens is 1. The molecular weight excluding hydrogens is 230 g/mol. The molecule has 1 aliphatic rings. The van der Waals surface area contributed by atoms with Gasteiger partial charge in [0.15, 0.2) is 0 Å². The fourth-order valence-electron chi connectivity index (χ4n) is 2.07. The number of hydrogen-bond acceptors (Lipinski definition) is 3. The minimum absolute atomic E-state index is 0.0788. The summed E-state index contributed by atoms with van der Waals surface area (Å²) in [5.74, 6) is -1.28. The Morgan fingerprint density at radius 3 is 2.94 bits per heavy atom. The molecule has 2 atom stereocenters. The van der Waals surface area contributed by atoms with Gasteiger partial charge in [0.25, 0.3) is 0 Å². The van der Waals surface area contributed by atoms with Crippen LogP contribution in [-0.2, 0) is 4.79 Å². The van der Waals surface area contributed by atoms with Crippen molar-refractivity contribution >= 4 is 17.6 Å². The van der Waals surface area contributed by atoms with Gasteiger partial charge in [-0.05, 0) is 31.2 Å². The standard InChI is InChI=1S/C11H12ClNO3/c12-6-1-2-9(14)8(5-6)10-7(11(15)16)3-4-13-10/h1-2,5,7,10,13-14H,3-4H2,(H,15,16). The zero-order valence-corrected chi connectivity index (χ0v) is 9.24. The Hall–Kier alpha value is -1.26. The largest absolute Gasteiger partial charge is 0.508 e. The molecule has 0 amide bonds. The molecule has 1 aliphatic heterocycles. The Labute approximate surface area is 97.9 Å². The van der Waals surface area contributed by atoms with E-state index in [9.17, 15) is 9.90 Å². The van der Waals surface area contributed by atoms with Crippen LogP contribution in [0.2, 0.25) is 5.02 Å². The Kier molecular flexibility index (Phi) is 3.03. The van der Waals surface area contributed by atoms with Crippen molar-refractivity contribution in [2.45, 2.75) is 12.5 Å². The predicted molar refractivity (Wildman–Crippen MR) is 59.6 cm³/mol. The lowest BCUT2D eigenvalue weighted by Crippen LogP contribution is -2.23. The summed E-state index contributed by atoms with van der Waals surface area (Å²) < 4.78 is 0. The molecule has 0 aliphatic carbocycles. The normalized spacial score (nSPS) is 24.6. The van der Waals surface area contributed by atoms with Crippen LogP contribution in [0.25, 0.3) is 0 Å². The van der Waals surface area contributed by atoms with Crippen molar-refractivity contribution in [2.24, 2.45) is 5.92 Å². The number of aromatic hydroxyl groups is 1. The molecular formula is C11H12ClNO3. The molecule has 0 aromatic heterocycles. The molecule has 0 saturated carbocycles. The van der Waals surface area contributed by atoms with Gasteiger partial charge in [0.1, 0.15) is 5.75 Å². The van der Waals surface area contributed by atoms with Crippen LogP contribution in [-0.4, -0.2) is 22.7 Å². The number of benzene rings is 1. The Balaban J connectivity index is 2.35. The molecule has 4 nitrogen and oxygen atoms in total. The van der Waals surface area contributed by atoms with Gasteiger partial charge < -0.3 is 15.5 Å². The van der Waals surface area contributed by atoms with Crippen LogP contribution in [0.3, 0.4) is 0 Å². The van der Waals surface area contributed by atoms with E-state index < -0.39 is 11.9 Å². The maximum atomic E-state index is 11.0. The van der Waals surface area contributed by atoms with E-state index >= 15 is 0 Å². The Morgan fingerprint density at radius 2 is 2.25 bits per heavy atom. The molecule has 5 heteroatoms. The lowest BCUT2D eigenvalue weighted by Gasteiger charge is -2.17. The first-order valence-corrected chi connectivity index (χ1v) is 5.42. The van der Waals surface area contributed by atoms with E-state index in [4.69, 9.17) is 16.7 Å². The second-order valence-corrected chi connectivity index (χ2v) is 4.30. The summed E-state index contributed by atoms with van der Waals surface area (Å²) >= 11 is 5.84. The summed E-state index contributed by atoms with van der Waals surface area (Å²) in [5, 5.41) is 22.3. The van der Waals surface area contributed by atoms with Gasteiger partial charge in [0, 0.05) is 16.6 Å². The lowest BCUT2D eigenvalue weighted by molar-refractivity contribution is -0.142. The number of aliphatic carboxylic acids is 1. The highest BCUT2D eigenvalue weighted by molar-refractivity contribution is 6.30. The van der Waals surface area contributed by atoms with Crippen molar-refractivity contribution < 1.29 is 15.0 Å². The van der Waals surface area contributed by atoms with Crippen LogP contribution in [0.1, 0.15) is 18.0 Å². The van der Waals surface area contributed by atoms with Gasteiger partial charge in [-0.15, -0.1) is 0 Å². The molecule has 86 valence electrons. The number of carboxylic acids is 1. The maximum Gasteiger partial charge on any atom is 0.308 e. The molecule has 0 spiro atoms. The van der Waals surface area contributed by atoms with Gasteiger partial charge in [0.05, 0.1) is 5.92 Å². The first-order valence-electron chi connectivity index (χ1n) is 5.04. The van der Waals surface area contributed by atoms with E-state index in [0.717, 1.165) is 0 Å². The number of hydrogen-bond donors (Lipinski definition) is 3. The van der Waals surface area contributed by atoms with Crippen LogP contribution in [0.15, 0.2) is 18.2 Å². The minimum atomic E-state index is -0.852. The Bertz CT molecular complexity index is 422. The third kappa shape index (κ3) is 1.99. The molecule has 16 heavy (non-hydrogen) atoms. The van der Waals surface area contributed by atoms with E-state index in [-0.39, 0.29) is 11.8 Å². The Morgan fingerprint density at radius 1 is 1.50 bits per heavy atom. The highest BCUT2D eigenvalue weighted by atomic mass is 35.5. The van der Waals surface area contributed by atoms with E-state index in [1.807, 2.05) is 0 Å². The second kappa shape index (κ2) is 4.31. The third-order valence-electron chi connectivity index (χ3n) is 2.86. The summed E-state index contributed by atoms with van der Waals surface area (Å²) in [4.78, 5) is 11.0. The average Bonchev–Trinajstić information content (AvgIpc) is 2.70. The SMILES string of the molecule is O=C(O)C1CCNC1c1cc(Cl)ccc1O. The van der Waals surface area contributed by atoms with Crippen molar-refractivity contribution in [3.8, 4) is 5.75 Å². The van der Waals surface area contributed by atoms with Gasteiger partial charge in [-0.3, -0.25) is 4.79 Å². The minimum Gasteiger partial charge on any atom is -0.508 e. The van der Waals surface area contributed by atoms with Crippen LogP contribution < -0.4 is 5.32 Å². The highest BCUT2D eigenvalue weighted by Crippen LogP contribution is 2.36. The van der Waals surface area contributed by atoms with Crippen LogP contribution >= 0.6 is 11.6 Å². The second-order valence-electron chi connectivity index (χ2n) is 3.87. The van der Waals surface area contributed by atoms with Gasteiger partial charge in [-0.2, -0.15) is 0 Å². The fourth-order valence-corrected chi connectivity index (χ4v) is 2.25. The maximum absolute atomic E-state index is 11.0. The molecule has 1 fully saturated rings. The molecule has 1 aromatic carbocycles. The van der Waals surface area contributed by atoms with Gasteiger partial charge >= 0.3 is 5.97 Å². The number of phenolic OH excluding ortho intramolecular Hbond substituents is 1. The first-order chi connectivity index (χ1) is 7.59. The van der Waals surface area contributed by atoms with E-state index in [1.165, 1.54) is 6.07 Å². The highest BCUT2D eigenvalue weighted by Gasteiger charge is 2.35. The first kappa shape index (κ1) is 11.2. The van der Waals surface area contributed by atoms with Crippen molar-refractivity contribution in [2.75, 3.05) is 6.54 Å². The third-order valence-corrected chi connectivity index (χ3v) is 3.10. The van der Waals surface area contributed by atoms with Gasteiger partial charge in [-0.25, -0.2) is 0 Å². The summed E-state index contributed by atoms with van der Waals surface area (Å²) in [6, 6.07) is 4.30. The van der Waals surface area contributed by atoms with Gasteiger partial charge in [-0.1, -0.05) is 11.6 Å². The zero-order chi connectivity index (χ0) is 11.7. The number of rotatable bonds is 2. The summed E-state index contributed by atoms with van der Waals surface area (Å²) in [6.07, 6.45) is 0.561. The van der Waals surface area contributed by atoms with Crippen molar-refractivity contribution in [1.82, 2.24) is 5.32 Å². The molecule has 1 aromatic rings. The van der Waals surface area contributed by atoms with E-state index in [0.29, 0.717) is 23.6 Å². The topological polar surface area (TPSA) is 69.6 Å². The summed E-state index contributed by atoms with van der Waals surface area (Å²) in [6.45, 7) is 0.633. The molecule has 2 unspecified atom stereocenters. The zero-order valence-electron chi connectivity index (χ0n) is 8.48. The molecule has 3 N–H and O–H groups in total. The molecule has 1 heterocycles. The van der Waals surface area contributed by atoms with E-state index in [2.05, 4.69) is 5.32 Å². The van der Waals surface area contributed by atoms with Crippen molar-refractivity contribution in [3.05, 3.63) is 28.8 Å². The van der Waals surface area contributed by atoms with Crippen molar-refractivity contribution in [3.63, 3.8) is 0 Å². The summed E-state index contributed by atoms with van der Waals surface area (Å²) in [7, 11) is 0. The fraction of sp³-hybridized carbons (Fsp3) is 0.364. The lowest BCUT2D eigenvalue weighted by atomic mass is 9.94. The summed E-state index contributed by atoms with van der Waals surface area (Å²) in [5.41, 5.74) is 0.553. The molecule has 0 bridgehead atoms. The van der Waals surface area contributed by atoms with Gasteiger partial charge in [0.2, 0.25) is 0 Å². The van der Waals surface area contributed by atoms with Crippen LogP contribution in [0.5, 0.6) is 5.75 Å². The number of nitrogens with one attached hydrogen (secondary N) is 1. The number of phenols is 1. The quantitative estimate of drug-likeness (QED) is 0.738. The average molecular weight is 242 g/mol. The van der Waals surface area contributed by atoms with Crippen molar-refractivity contribution in [1.29, 1.82) is 0 Å². The van der Waals surface area contributed by atoms with Crippen LogP contribution in [0.4, 0.5) is 0 Å². The van der Waals surface area contributed by atoms with E-state index in [1.54, 1.807) is 12.1 Å². The number of carboxylic acid groups (broad SMARTS) is 1. The predicted octanol–water partition coefficient (Wildman–Crippen LogP) is 1.78. The smallest absolute Gasteiger partial charge is 0.308 e. The molecule has 2 rings (SSSR count). The monoisotopic (exact) mass is 241 g/mol.